The number of nitrogens with zero attached hydrogens (tertiary/aromatic N) is 1. The molecular weight excluding hydrogens is 270 g/mol. The average Bonchev–Trinajstić information content (AvgIpc) is 2.82. The fourth-order valence-electron chi connectivity index (χ4n) is 2.76. The predicted octanol–water partition coefficient (Wildman–Crippen LogP) is 3.43. The number of benzene rings is 1. The molecule has 1 saturated carbocycles. The number of carbonyl (C=O) groups is 2. The molecule has 1 heterocycles. The van der Waals surface area contributed by atoms with Crippen LogP contribution in [0, 0.1) is 6.92 Å². The minimum Gasteiger partial charge on any atom is -0.294 e. The molecule has 2 aliphatic rings. The molecule has 0 unspecified atom stereocenters. The number of rotatable bonds is 1. The molecule has 1 amide bonds. The number of amides is 1. The van der Waals surface area contributed by atoms with E-state index in [1.165, 1.54) is 11.8 Å². The Morgan fingerprint density at radius 2 is 1.85 bits per heavy atom. The van der Waals surface area contributed by atoms with Crippen LogP contribution in [0.5, 0.6) is 0 Å². The zero-order valence-corrected chi connectivity index (χ0v) is 12.3. The van der Waals surface area contributed by atoms with Gasteiger partial charge >= 0.3 is 0 Å². The number of hydrogen-bond donors (Lipinski definition) is 0. The zero-order chi connectivity index (χ0) is 14.1. The Morgan fingerprint density at radius 3 is 2.60 bits per heavy atom. The van der Waals surface area contributed by atoms with Crippen LogP contribution in [-0.2, 0) is 9.59 Å². The molecule has 0 N–H and O–H groups in total. The van der Waals surface area contributed by atoms with E-state index < -0.39 is 0 Å². The quantitative estimate of drug-likeness (QED) is 0.743. The molecule has 1 aromatic rings. The van der Waals surface area contributed by atoms with Gasteiger partial charge in [0.25, 0.3) is 0 Å². The van der Waals surface area contributed by atoms with Crippen LogP contribution in [0.25, 0.3) is 0 Å². The summed E-state index contributed by atoms with van der Waals surface area (Å²) in [5.41, 5.74) is 2.82. The minimum atomic E-state index is 0.0742. The van der Waals surface area contributed by atoms with Crippen LogP contribution in [0.4, 0.5) is 5.69 Å². The molecule has 4 heteroatoms. The number of thioether (sulfide) groups is 1. The standard InChI is InChI=1S/C16H17NO2S/c1-11-6-2-4-8-13(11)17-15(19)10-20-16(17)12-7-3-5-9-14(12)18/h2,4,6,8H,3,5,7,9-10H2,1H3. The Morgan fingerprint density at radius 1 is 1.10 bits per heavy atom. The molecule has 0 radical (unpaired) electrons. The van der Waals surface area contributed by atoms with Crippen LogP contribution in [-0.4, -0.2) is 17.4 Å². The van der Waals surface area contributed by atoms with Crippen molar-refractivity contribution in [1.29, 1.82) is 0 Å². The lowest BCUT2D eigenvalue weighted by molar-refractivity contribution is -0.116. The van der Waals surface area contributed by atoms with Crippen molar-refractivity contribution in [3.8, 4) is 0 Å². The predicted molar refractivity (Wildman–Crippen MR) is 81.6 cm³/mol. The molecule has 3 nitrogen and oxygen atoms in total. The normalized spacial score (nSPS) is 23.6. The van der Waals surface area contributed by atoms with Crippen molar-refractivity contribution in [2.24, 2.45) is 0 Å². The second-order valence-corrected chi connectivity index (χ2v) is 6.18. The maximum absolute atomic E-state index is 12.2. The highest BCUT2D eigenvalue weighted by molar-refractivity contribution is 8.04. The third kappa shape index (κ3) is 2.29. The van der Waals surface area contributed by atoms with Crippen molar-refractivity contribution >= 4 is 29.1 Å². The zero-order valence-electron chi connectivity index (χ0n) is 11.5. The molecule has 0 atom stereocenters. The molecule has 104 valence electrons. The van der Waals surface area contributed by atoms with Gasteiger partial charge in [-0.2, -0.15) is 0 Å². The van der Waals surface area contributed by atoms with Crippen molar-refractivity contribution in [3.05, 3.63) is 40.4 Å². The lowest BCUT2D eigenvalue weighted by Gasteiger charge is -2.23. The fraction of sp³-hybridized carbons (Fsp3) is 0.375. The van der Waals surface area contributed by atoms with E-state index in [2.05, 4.69) is 0 Å². The van der Waals surface area contributed by atoms with E-state index in [1.54, 1.807) is 4.90 Å². The van der Waals surface area contributed by atoms with Crippen LogP contribution in [0.15, 0.2) is 34.9 Å². The second kappa shape index (κ2) is 5.44. The lowest BCUT2D eigenvalue weighted by Crippen LogP contribution is -2.27. The van der Waals surface area contributed by atoms with Gasteiger partial charge in [0.1, 0.15) is 0 Å². The minimum absolute atomic E-state index is 0.0742. The van der Waals surface area contributed by atoms with Crippen molar-refractivity contribution in [3.63, 3.8) is 0 Å². The number of allylic oxidation sites excluding steroid dienone is 1. The summed E-state index contributed by atoms with van der Waals surface area (Å²) in [7, 11) is 0. The summed E-state index contributed by atoms with van der Waals surface area (Å²) < 4.78 is 0. The number of aryl methyl sites for hydroxylation is 1. The Bertz CT molecular complexity index is 606. The van der Waals surface area contributed by atoms with Crippen molar-refractivity contribution in [2.45, 2.75) is 32.6 Å². The van der Waals surface area contributed by atoms with Crippen molar-refractivity contribution in [1.82, 2.24) is 0 Å². The SMILES string of the molecule is Cc1ccccc1N1C(=O)CSC1=C1CCCCC1=O. The largest absolute Gasteiger partial charge is 0.294 e. The van der Waals surface area contributed by atoms with E-state index in [9.17, 15) is 9.59 Å². The first-order valence-electron chi connectivity index (χ1n) is 6.96. The van der Waals surface area contributed by atoms with Crippen molar-refractivity contribution < 1.29 is 9.59 Å². The third-order valence-electron chi connectivity index (χ3n) is 3.82. The average molecular weight is 287 g/mol. The highest BCUT2D eigenvalue weighted by Gasteiger charge is 2.33. The van der Waals surface area contributed by atoms with E-state index in [0.717, 1.165) is 41.1 Å². The third-order valence-corrected chi connectivity index (χ3v) is 4.91. The molecule has 1 aliphatic carbocycles. The maximum Gasteiger partial charge on any atom is 0.242 e. The number of para-hydroxylation sites is 1. The summed E-state index contributed by atoms with van der Waals surface area (Å²) in [6, 6.07) is 7.85. The maximum atomic E-state index is 12.2. The molecule has 0 spiro atoms. The summed E-state index contributed by atoms with van der Waals surface area (Å²) in [6.07, 6.45) is 3.44. The monoisotopic (exact) mass is 287 g/mol. The number of ketones is 1. The summed E-state index contributed by atoms with van der Waals surface area (Å²) in [6.45, 7) is 2.00. The van der Waals surface area contributed by atoms with Gasteiger partial charge in [-0.15, -0.1) is 0 Å². The van der Waals surface area contributed by atoms with Gasteiger partial charge < -0.3 is 0 Å². The van der Waals surface area contributed by atoms with E-state index in [4.69, 9.17) is 0 Å². The first-order valence-corrected chi connectivity index (χ1v) is 7.95. The van der Waals surface area contributed by atoms with Gasteiger partial charge in [0.15, 0.2) is 5.78 Å². The number of anilines is 1. The first kappa shape index (κ1) is 13.4. The lowest BCUT2D eigenvalue weighted by atomic mass is 9.94. The summed E-state index contributed by atoms with van der Waals surface area (Å²) in [4.78, 5) is 26.1. The molecule has 0 aromatic heterocycles. The number of carbonyl (C=O) groups excluding carboxylic acids is 2. The highest BCUT2D eigenvalue weighted by atomic mass is 32.2. The van der Waals surface area contributed by atoms with Crippen LogP contribution < -0.4 is 4.90 Å². The molecule has 20 heavy (non-hydrogen) atoms. The summed E-state index contributed by atoms with van der Waals surface area (Å²) in [5.74, 6) is 0.720. The molecule has 0 bridgehead atoms. The molecular formula is C16H17NO2S. The van der Waals surface area contributed by atoms with Gasteiger partial charge in [0.2, 0.25) is 5.91 Å². The van der Waals surface area contributed by atoms with Crippen LogP contribution in [0.3, 0.4) is 0 Å². The van der Waals surface area contributed by atoms with E-state index in [1.807, 2.05) is 31.2 Å². The van der Waals surface area contributed by atoms with Crippen LogP contribution in [0.1, 0.15) is 31.2 Å². The summed E-state index contributed by atoms with van der Waals surface area (Å²) in [5, 5.41) is 0.869. The van der Waals surface area contributed by atoms with E-state index in [0.29, 0.717) is 12.2 Å². The van der Waals surface area contributed by atoms with Gasteiger partial charge in [0, 0.05) is 12.0 Å². The molecule has 1 saturated heterocycles. The number of hydrogen-bond acceptors (Lipinski definition) is 3. The van der Waals surface area contributed by atoms with E-state index >= 15 is 0 Å². The van der Waals surface area contributed by atoms with Gasteiger partial charge in [0.05, 0.1) is 16.5 Å². The highest BCUT2D eigenvalue weighted by Crippen LogP contribution is 2.40. The molecule has 1 aliphatic heterocycles. The van der Waals surface area contributed by atoms with Gasteiger partial charge in [-0.25, -0.2) is 0 Å². The molecule has 2 fully saturated rings. The Labute approximate surface area is 123 Å². The van der Waals surface area contributed by atoms with Crippen LogP contribution in [0.2, 0.25) is 0 Å². The number of Topliss-reactive ketones (excluding diaryl/α,β-unsaturated/α-hetero) is 1. The van der Waals surface area contributed by atoms with Gasteiger partial charge in [-0.05, 0) is 37.8 Å². The van der Waals surface area contributed by atoms with E-state index in [-0.39, 0.29) is 11.7 Å². The van der Waals surface area contributed by atoms with Gasteiger partial charge in [-0.1, -0.05) is 30.0 Å². The Hall–Kier alpha value is -1.55. The van der Waals surface area contributed by atoms with Crippen molar-refractivity contribution in [2.75, 3.05) is 10.7 Å². The molecule has 1 aromatic carbocycles. The smallest absolute Gasteiger partial charge is 0.242 e. The second-order valence-electron chi connectivity index (χ2n) is 5.22. The first-order chi connectivity index (χ1) is 9.68. The molecule has 3 rings (SSSR count). The van der Waals surface area contributed by atoms with Gasteiger partial charge in [-0.3, -0.25) is 14.5 Å². The topological polar surface area (TPSA) is 37.4 Å². The fourth-order valence-corrected chi connectivity index (χ4v) is 3.87. The van der Waals surface area contributed by atoms with Crippen LogP contribution >= 0.6 is 11.8 Å². The Kier molecular flexibility index (Phi) is 3.66. The Balaban J connectivity index is 2.07. The summed E-state index contributed by atoms with van der Waals surface area (Å²) >= 11 is 1.51.